The maximum atomic E-state index is 12.0. The first-order valence-corrected chi connectivity index (χ1v) is 8.61. The quantitative estimate of drug-likeness (QED) is 0.582. The summed E-state index contributed by atoms with van der Waals surface area (Å²) in [5.74, 6) is 0.535. The van der Waals surface area contributed by atoms with E-state index >= 15 is 0 Å². The minimum Gasteiger partial charge on any atom is -0.484 e. The van der Waals surface area contributed by atoms with Crippen LogP contribution in [0.15, 0.2) is 48.5 Å². The first-order valence-electron chi connectivity index (χ1n) is 8.61. The van der Waals surface area contributed by atoms with Crippen LogP contribution in [0.25, 0.3) is 0 Å². The van der Waals surface area contributed by atoms with Crippen LogP contribution < -0.4 is 20.7 Å². The molecule has 0 atom stereocenters. The molecule has 1 amide bonds. The summed E-state index contributed by atoms with van der Waals surface area (Å²) in [5, 5.41) is 9.34. The molecule has 5 nitrogen and oxygen atoms in total. The van der Waals surface area contributed by atoms with Crippen LogP contribution in [0.2, 0.25) is 0 Å². The standard InChI is InChI=1S/C20H27N3O2/c1-16-7-9-18(10-8-16)23-20(24)15-25-19-6-3-5-17(13-19)14-22-12-4-11-21-2/h3,5-10,13,21-22H,4,11-12,14-15H2,1-2H3,(H,23,24). The number of carbonyl (C=O) groups is 1. The van der Waals surface area contributed by atoms with Gasteiger partial charge in [-0.15, -0.1) is 0 Å². The molecular formula is C20H27N3O2. The molecule has 2 aromatic rings. The zero-order chi connectivity index (χ0) is 17.9. The number of aryl methyl sites for hydroxylation is 1. The molecule has 2 aromatic carbocycles. The molecule has 0 spiro atoms. The average Bonchev–Trinajstić information content (AvgIpc) is 2.62. The number of nitrogens with one attached hydrogen (secondary N) is 3. The van der Waals surface area contributed by atoms with E-state index in [0.29, 0.717) is 5.75 Å². The van der Waals surface area contributed by atoms with Crippen molar-refractivity contribution in [2.24, 2.45) is 0 Å². The largest absolute Gasteiger partial charge is 0.484 e. The van der Waals surface area contributed by atoms with Crippen LogP contribution in [0.3, 0.4) is 0 Å². The first kappa shape index (κ1) is 19.0. The second kappa shape index (κ2) is 10.5. The molecule has 0 fully saturated rings. The Morgan fingerprint density at radius 1 is 1.08 bits per heavy atom. The van der Waals surface area contributed by atoms with Gasteiger partial charge in [0.1, 0.15) is 5.75 Å². The van der Waals surface area contributed by atoms with E-state index in [1.54, 1.807) is 0 Å². The van der Waals surface area contributed by atoms with Crippen LogP contribution in [0.5, 0.6) is 5.75 Å². The molecule has 3 N–H and O–H groups in total. The summed E-state index contributed by atoms with van der Waals surface area (Å²) in [5.41, 5.74) is 3.07. The van der Waals surface area contributed by atoms with Crippen molar-refractivity contribution in [2.45, 2.75) is 19.9 Å². The Balaban J connectivity index is 1.75. The molecule has 0 radical (unpaired) electrons. The minimum atomic E-state index is -0.167. The fourth-order valence-electron chi connectivity index (χ4n) is 2.35. The molecular weight excluding hydrogens is 314 g/mol. The van der Waals surface area contributed by atoms with Crippen molar-refractivity contribution in [3.05, 3.63) is 59.7 Å². The first-order chi connectivity index (χ1) is 12.2. The Kier molecular flexibility index (Phi) is 7.95. The van der Waals surface area contributed by atoms with Crippen LogP contribution in [-0.4, -0.2) is 32.7 Å². The predicted octanol–water partition coefficient (Wildman–Crippen LogP) is 2.71. The number of carbonyl (C=O) groups excluding carboxylic acids is 1. The molecule has 0 aliphatic rings. The highest BCUT2D eigenvalue weighted by molar-refractivity contribution is 5.91. The number of anilines is 1. The molecule has 0 aliphatic carbocycles. The van der Waals surface area contributed by atoms with Gasteiger partial charge in [0.15, 0.2) is 6.61 Å². The molecule has 0 aliphatic heterocycles. The van der Waals surface area contributed by atoms with E-state index in [2.05, 4.69) is 16.0 Å². The van der Waals surface area contributed by atoms with Crippen molar-refractivity contribution in [1.29, 1.82) is 0 Å². The predicted molar refractivity (Wildman–Crippen MR) is 102 cm³/mol. The topological polar surface area (TPSA) is 62.4 Å². The van der Waals surface area contributed by atoms with Crippen molar-refractivity contribution >= 4 is 11.6 Å². The van der Waals surface area contributed by atoms with E-state index in [-0.39, 0.29) is 12.5 Å². The minimum absolute atomic E-state index is 0.00702. The van der Waals surface area contributed by atoms with Gasteiger partial charge in [-0.3, -0.25) is 4.79 Å². The molecule has 0 saturated heterocycles. The summed E-state index contributed by atoms with van der Waals surface area (Å²) in [4.78, 5) is 12.0. The highest BCUT2D eigenvalue weighted by atomic mass is 16.5. The fourth-order valence-corrected chi connectivity index (χ4v) is 2.35. The third-order valence-electron chi connectivity index (χ3n) is 3.71. The third-order valence-corrected chi connectivity index (χ3v) is 3.71. The number of rotatable bonds is 10. The number of hydrogen-bond donors (Lipinski definition) is 3. The summed E-state index contributed by atoms with van der Waals surface area (Å²) >= 11 is 0. The number of hydrogen-bond acceptors (Lipinski definition) is 4. The van der Waals surface area contributed by atoms with E-state index < -0.39 is 0 Å². The lowest BCUT2D eigenvalue weighted by molar-refractivity contribution is -0.118. The van der Waals surface area contributed by atoms with Crippen LogP contribution in [0.4, 0.5) is 5.69 Å². The number of ether oxygens (including phenoxy) is 1. The van der Waals surface area contributed by atoms with Gasteiger partial charge >= 0.3 is 0 Å². The van der Waals surface area contributed by atoms with Crippen LogP contribution >= 0.6 is 0 Å². The second-order valence-electron chi connectivity index (χ2n) is 5.98. The molecule has 5 heteroatoms. The van der Waals surface area contributed by atoms with E-state index in [1.807, 2.05) is 62.5 Å². The van der Waals surface area contributed by atoms with E-state index in [9.17, 15) is 4.79 Å². The van der Waals surface area contributed by atoms with Gasteiger partial charge in [-0.2, -0.15) is 0 Å². The Labute approximate surface area is 149 Å². The second-order valence-corrected chi connectivity index (χ2v) is 5.98. The van der Waals surface area contributed by atoms with Crippen molar-refractivity contribution in [2.75, 3.05) is 32.1 Å². The Morgan fingerprint density at radius 2 is 1.88 bits per heavy atom. The monoisotopic (exact) mass is 341 g/mol. The van der Waals surface area contributed by atoms with Gasteiger partial charge in [-0.1, -0.05) is 29.8 Å². The zero-order valence-electron chi connectivity index (χ0n) is 15.0. The lowest BCUT2D eigenvalue weighted by atomic mass is 10.2. The average molecular weight is 341 g/mol. The summed E-state index contributed by atoms with van der Waals surface area (Å²) in [7, 11) is 1.95. The van der Waals surface area contributed by atoms with Crippen molar-refractivity contribution in [1.82, 2.24) is 10.6 Å². The van der Waals surface area contributed by atoms with Gasteiger partial charge in [-0.05, 0) is 63.3 Å². The van der Waals surface area contributed by atoms with Crippen molar-refractivity contribution in [3.63, 3.8) is 0 Å². The third kappa shape index (κ3) is 7.37. The summed E-state index contributed by atoms with van der Waals surface area (Å²) in [6.07, 6.45) is 1.09. The maximum Gasteiger partial charge on any atom is 0.262 e. The number of benzene rings is 2. The summed E-state index contributed by atoms with van der Waals surface area (Å²) in [6.45, 7) is 4.76. The zero-order valence-corrected chi connectivity index (χ0v) is 15.0. The van der Waals surface area contributed by atoms with Gasteiger partial charge in [0.2, 0.25) is 0 Å². The highest BCUT2D eigenvalue weighted by Crippen LogP contribution is 2.14. The van der Waals surface area contributed by atoms with E-state index in [0.717, 1.165) is 42.9 Å². The van der Waals surface area contributed by atoms with E-state index in [4.69, 9.17) is 4.74 Å². The molecule has 0 saturated carbocycles. The van der Waals surface area contributed by atoms with Gasteiger partial charge < -0.3 is 20.7 Å². The van der Waals surface area contributed by atoms with Gasteiger partial charge in [-0.25, -0.2) is 0 Å². The van der Waals surface area contributed by atoms with Crippen molar-refractivity contribution in [3.8, 4) is 5.75 Å². The molecule has 25 heavy (non-hydrogen) atoms. The van der Waals surface area contributed by atoms with Gasteiger partial charge in [0.25, 0.3) is 5.91 Å². The van der Waals surface area contributed by atoms with Crippen LogP contribution in [-0.2, 0) is 11.3 Å². The molecule has 0 aromatic heterocycles. The van der Waals surface area contributed by atoms with Gasteiger partial charge in [0.05, 0.1) is 0 Å². The Hall–Kier alpha value is -2.37. The SMILES string of the molecule is CNCCCNCc1cccc(OCC(=O)Nc2ccc(C)cc2)c1. The fraction of sp³-hybridized carbons (Fsp3) is 0.350. The van der Waals surface area contributed by atoms with Crippen molar-refractivity contribution < 1.29 is 9.53 Å². The van der Waals surface area contributed by atoms with Gasteiger partial charge in [0, 0.05) is 12.2 Å². The van der Waals surface area contributed by atoms with Crippen LogP contribution in [0.1, 0.15) is 17.5 Å². The van der Waals surface area contributed by atoms with Crippen LogP contribution in [0, 0.1) is 6.92 Å². The molecule has 0 bridgehead atoms. The molecule has 0 heterocycles. The summed E-state index contributed by atoms with van der Waals surface area (Å²) in [6, 6.07) is 15.5. The Bertz CT molecular complexity index is 656. The number of amides is 1. The lowest BCUT2D eigenvalue weighted by Gasteiger charge is -2.10. The summed E-state index contributed by atoms with van der Waals surface area (Å²) < 4.78 is 5.60. The molecule has 134 valence electrons. The normalized spacial score (nSPS) is 10.5. The Morgan fingerprint density at radius 3 is 2.64 bits per heavy atom. The molecule has 2 rings (SSSR count). The lowest BCUT2D eigenvalue weighted by Crippen LogP contribution is -2.20. The maximum absolute atomic E-state index is 12.0. The highest BCUT2D eigenvalue weighted by Gasteiger charge is 2.04. The van der Waals surface area contributed by atoms with E-state index in [1.165, 1.54) is 0 Å². The smallest absolute Gasteiger partial charge is 0.262 e. The molecule has 0 unspecified atom stereocenters.